The van der Waals surface area contributed by atoms with Crippen LogP contribution in [0.15, 0.2) is 16.5 Å². The van der Waals surface area contributed by atoms with E-state index >= 15 is 0 Å². The first-order chi connectivity index (χ1) is 8.29. The molecule has 0 aromatic carbocycles. The number of hydrogen-bond acceptors (Lipinski definition) is 5. The van der Waals surface area contributed by atoms with Crippen LogP contribution in [0.4, 0.5) is 0 Å². The van der Waals surface area contributed by atoms with Crippen molar-refractivity contribution in [2.24, 2.45) is 0 Å². The van der Waals surface area contributed by atoms with E-state index in [1.54, 1.807) is 0 Å². The molecule has 6 heteroatoms. The summed E-state index contributed by atoms with van der Waals surface area (Å²) in [6, 6.07) is 0. The van der Waals surface area contributed by atoms with Crippen molar-refractivity contribution in [3.8, 4) is 0 Å². The van der Waals surface area contributed by atoms with E-state index in [0.717, 1.165) is 23.2 Å². The molecular formula is C11H12N2O3S. The number of rotatable bonds is 2. The number of ether oxygens (including phenoxy) is 1. The third-order valence-corrected chi connectivity index (χ3v) is 4.09. The number of aliphatic hydroxyl groups excluding tert-OH is 1. The summed E-state index contributed by atoms with van der Waals surface area (Å²) in [6.45, 7) is 0.0494. The minimum absolute atomic E-state index is 0.0380. The van der Waals surface area contributed by atoms with Crippen molar-refractivity contribution < 1.29 is 9.84 Å². The zero-order valence-electron chi connectivity index (χ0n) is 9.05. The fourth-order valence-corrected chi connectivity index (χ4v) is 3.22. The maximum absolute atomic E-state index is 11.6. The lowest BCUT2D eigenvalue weighted by atomic mass is 10.1. The number of nitrogens with zero attached hydrogens (tertiary/aromatic N) is 1. The lowest BCUT2D eigenvalue weighted by Gasteiger charge is -2.10. The van der Waals surface area contributed by atoms with E-state index < -0.39 is 0 Å². The van der Waals surface area contributed by atoms with Gasteiger partial charge in [0.25, 0.3) is 5.56 Å². The molecule has 3 rings (SSSR count). The number of H-pyrrole nitrogens is 1. The van der Waals surface area contributed by atoms with E-state index in [9.17, 15) is 4.79 Å². The average molecular weight is 252 g/mol. The zero-order valence-corrected chi connectivity index (χ0v) is 9.87. The van der Waals surface area contributed by atoms with Crippen molar-refractivity contribution in [2.45, 2.75) is 25.0 Å². The molecule has 0 aliphatic carbocycles. The van der Waals surface area contributed by atoms with Gasteiger partial charge >= 0.3 is 0 Å². The molecule has 17 heavy (non-hydrogen) atoms. The maximum Gasteiger partial charge on any atom is 0.259 e. The van der Waals surface area contributed by atoms with Crippen LogP contribution in [0.2, 0.25) is 0 Å². The molecule has 0 amide bonds. The summed E-state index contributed by atoms with van der Waals surface area (Å²) < 4.78 is 5.71. The van der Waals surface area contributed by atoms with Gasteiger partial charge in [-0.15, -0.1) is 11.3 Å². The highest BCUT2D eigenvalue weighted by Gasteiger charge is 2.28. The number of aromatic nitrogens is 2. The lowest BCUT2D eigenvalue weighted by molar-refractivity contribution is 0.0129. The Labute approximate surface area is 101 Å². The van der Waals surface area contributed by atoms with Crippen molar-refractivity contribution >= 4 is 22.2 Å². The first-order valence-electron chi connectivity index (χ1n) is 5.50. The number of nitrogens with one attached hydrogen (secondary N) is 1. The standard InChI is InChI=1S/C11H12N2O3S/c14-3-6-1-2-8(16-6)10-9-7(4-17-10)11(15)13-5-12-9/h4-6,8,14H,1-3H2,(H,12,13,15)/t6-,8+/m0/s1. The molecule has 0 radical (unpaired) electrons. The molecule has 0 unspecified atom stereocenters. The van der Waals surface area contributed by atoms with Gasteiger partial charge in [-0.2, -0.15) is 0 Å². The van der Waals surface area contributed by atoms with Crippen LogP contribution in [-0.2, 0) is 4.74 Å². The molecule has 1 fully saturated rings. The van der Waals surface area contributed by atoms with Gasteiger partial charge in [0.15, 0.2) is 0 Å². The van der Waals surface area contributed by atoms with Gasteiger partial charge in [-0.05, 0) is 12.8 Å². The molecule has 2 aromatic rings. The number of aromatic amines is 1. The third-order valence-electron chi connectivity index (χ3n) is 3.03. The molecule has 0 spiro atoms. The summed E-state index contributed by atoms with van der Waals surface area (Å²) in [5.74, 6) is 0. The van der Waals surface area contributed by atoms with E-state index in [2.05, 4.69) is 9.97 Å². The molecule has 2 atom stereocenters. The molecule has 1 aliphatic rings. The van der Waals surface area contributed by atoms with E-state index in [1.165, 1.54) is 17.7 Å². The minimum atomic E-state index is -0.116. The van der Waals surface area contributed by atoms with Crippen LogP contribution < -0.4 is 5.56 Å². The van der Waals surface area contributed by atoms with Crippen molar-refractivity contribution in [3.63, 3.8) is 0 Å². The van der Waals surface area contributed by atoms with Crippen LogP contribution in [0.1, 0.15) is 23.8 Å². The summed E-state index contributed by atoms with van der Waals surface area (Å²) >= 11 is 1.50. The summed E-state index contributed by atoms with van der Waals surface area (Å²) in [5.41, 5.74) is 0.608. The molecule has 5 nitrogen and oxygen atoms in total. The zero-order chi connectivity index (χ0) is 11.8. The molecule has 2 aromatic heterocycles. The normalized spacial score (nSPS) is 24.5. The molecule has 0 saturated carbocycles. The maximum atomic E-state index is 11.6. The van der Waals surface area contributed by atoms with Crippen LogP contribution in [0.3, 0.4) is 0 Å². The Morgan fingerprint density at radius 3 is 3.24 bits per heavy atom. The Kier molecular flexibility index (Phi) is 2.70. The average Bonchev–Trinajstić information content (AvgIpc) is 2.94. The molecule has 1 aliphatic heterocycles. The number of thiophene rings is 1. The Hall–Kier alpha value is -1.24. The van der Waals surface area contributed by atoms with E-state index in [4.69, 9.17) is 9.84 Å². The third kappa shape index (κ3) is 1.78. The van der Waals surface area contributed by atoms with Gasteiger partial charge in [0.2, 0.25) is 0 Å². The summed E-state index contributed by atoms with van der Waals surface area (Å²) in [5, 5.41) is 11.5. The molecule has 3 heterocycles. The fraction of sp³-hybridized carbons (Fsp3) is 0.455. The van der Waals surface area contributed by atoms with Crippen molar-refractivity contribution in [1.29, 1.82) is 0 Å². The van der Waals surface area contributed by atoms with Crippen LogP contribution in [0.5, 0.6) is 0 Å². The first kappa shape index (κ1) is 10.9. The van der Waals surface area contributed by atoms with Crippen molar-refractivity contribution in [3.05, 3.63) is 26.9 Å². The van der Waals surface area contributed by atoms with E-state index in [-0.39, 0.29) is 24.4 Å². The van der Waals surface area contributed by atoms with Crippen molar-refractivity contribution in [2.75, 3.05) is 6.61 Å². The fourth-order valence-electron chi connectivity index (χ4n) is 2.16. The van der Waals surface area contributed by atoms with Crippen LogP contribution in [-0.4, -0.2) is 27.8 Å². The predicted octanol–water partition coefficient (Wildman–Crippen LogP) is 1.20. The lowest BCUT2D eigenvalue weighted by Crippen LogP contribution is -2.11. The summed E-state index contributed by atoms with van der Waals surface area (Å²) in [4.78, 5) is 19.3. The highest BCUT2D eigenvalue weighted by molar-refractivity contribution is 7.11. The van der Waals surface area contributed by atoms with Crippen LogP contribution in [0.25, 0.3) is 10.9 Å². The summed E-state index contributed by atoms with van der Waals surface area (Å²) in [6.07, 6.45) is 3.02. The molecule has 0 bridgehead atoms. The predicted molar refractivity (Wildman–Crippen MR) is 64.2 cm³/mol. The largest absolute Gasteiger partial charge is 0.394 e. The summed E-state index contributed by atoms with van der Waals surface area (Å²) in [7, 11) is 0. The van der Waals surface area contributed by atoms with Gasteiger partial charge < -0.3 is 14.8 Å². The van der Waals surface area contributed by atoms with E-state index in [1.807, 2.05) is 5.38 Å². The molecular weight excluding hydrogens is 240 g/mol. The number of aliphatic hydroxyl groups is 1. The smallest absolute Gasteiger partial charge is 0.259 e. The minimum Gasteiger partial charge on any atom is -0.394 e. The Balaban J connectivity index is 2.02. The van der Waals surface area contributed by atoms with Crippen molar-refractivity contribution in [1.82, 2.24) is 9.97 Å². The van der Waals surface area contributed by atoms with Crippen LogP contribution in [0, 0.1) is 0 Å². The number of hydrogen-bond donors (Lipinski definition) is 2. The second-order valence-corrected chi connectivity index (χ2v) is 5.01. The van der Waals surface area contributed by atoms with E-state index in [0.29, 0.717) is 5.39 Å². The topological polar surface area (TPSA) is 75.2 Å². The Morgan fingerprint density at radius 2 is 2.47 bits per heavy atom. The van der Waals surface area contributed by atoms with Gasteiger partial charge in [-0.1, -0.05) is 0 Å². The van der Waals surface area contributed by atoms with Gasteiger partial charge in [-0.3, -0.25) is 4.79 Å². The van der Waals surface area contributed by atoms with Gasteiger partial charge in [0, 0.05) is 5.38 Å². The highest BCUT2D eigenvalue weighted by atomic mass is 32.1. The van der Waals surface area contributed by atoms with Gasteiger partial charge in [-0.25, -0.2) is 4.98 Å². The highest BCUT2D eigenvalue weighted by Crippen LogP contribution is 2.38. The van der Waals surface area contributed by atoms with Gasteiger partial charge in [0.05, 0.1) is 40.9 Å². The Morgan fingerprint density at radius 1 is 1.59 bits per heavy atom. The molecule has 1 saturated heterocycles. The molecule has 90 valence electrons. The second-order valence-electron chi connectivity index (χ2n) is 4.10. The second kappa shape index (κ2) is 4.21. The quantitative estimate of drug-likeness (QED) is 0.842. The SMILES string of the molecule is O=c1[nH]cnc2c([C@H]3CC[C@@H](CO)O3)scc12. The van der Waals surface area contributed by atoms with Gasteiger partial charge in [0.1, 0.15) is 0 Å². The first-order valence-corrected chi connectivity index (χ1v) is 6.38. The van der Waals surface area contributed by atoms with Crippen LogP contribution >= 0.6 is 11.3 Å². The Bertz CT molecular complexity index is 592. The monoisotopic (exact) mass is 252 g/mol. The number of fused-ring (bicyclic) bond motifs is 1. The molecule has 2 N–H and O–H groups in total.